The summed E-state index contributed by atoms with van der Waals surface area (Å²) in [7, 11) is 0. The van der Waals surface area contributed by atoms with Crippen LogP contribution < -0.4 is 5.43 Å². The lowest BCUT2D eigenvalue weighted by atomic mass is 9.98. The van der Waals surface area contributed by atoms with Crippen LogP contribution in [-0.2, 0) is 12.8 Å². The van der Waals surface area contributed by atoms with E-state index in [-0.39, 0.29) is 5.43 Å². The molecule has 0 unspecified atom stereocenters. The molecule has 0 spiro atoms. The minimum Gasteiger partial charge on any atom is -0.289 e. The molecular formula is C19H18OS2. The maximum absolute atomic E-state index is 12.8. The summed E-state index contributed by atoms with van der Waals surface area (Å²) in [6, 6.07) is 10.5. The van der Waals surface area contributed by atoms with Gasteiger partial charge >= 0.3 is 0 Å². The quantitative estimate of drug-likeness (QED) is 0.565. The molecule has 1 nitrogen and oxygen atoms in total. The van der Waals surface area contributed by atoms with E-state index in [9.17, 15) is 4.79 Å². The molecule has 0 saturated heterocycles. The molecule has 1 aliphatic rings. The zero-order valence-electron chi connectivity index (χ0n) is 12.4. The third-order valence-electron chi connectivity index (χ3n) is 4.46. The van der Waals surface area contributed by atoms with Crippen LogP contribution in [0.4, 0.5) is 0 Å². The zero-order valence-corrected chi connectivity index (χ0v) is 14.1. The average molecular weight is 326 g/mol. The van der Waals surface area contributed by atoms with Crippen molar-refractivity contribution in [1.82, 2.24) is 0 Å². The molecule has 0 atom stereocenters. The second kappa shape index (κ2) is 5.98. The molecule has 1 aromatic carbocycles. The molecule has 22 heavy (non-hydrogen) atoms. The molecule has 0 saturated carbocycles. The Kier molecular flexibility index (Phi) is 3.85. The summed E-state index contributed by atoms with van der Waals surface area (Å²) in [5, 5.41) is 3.01. The van der Waals surface area contributed by atoms with E-state index in [0.717, 1.165) is 34.9 Å². The Hall–Kier alpha value is -1.45. The van der Waals surface area contributed by atoms with Crippen molar-refractivity contribution in [2.24, 2.45) is 0 Å². The van der Waals surface area contributed by atoms with Crippen molar-refractivity contribution in [3.8, 4) is 10.4 Å². The average Bonchev–Trinajstić information content (AvgIpc) is 3.03. The highest BCUT2D eigenvalue weighted by atomic mass is 32.1. The number of aryl methyl sites for hydroxylation is 1. The predicted molar refractivity (Wildman–Crippen MR) is 97.3 cm³/mol. The first-order chi connectivity index (χ1) is 10.8. The second-order valence-corrected chi connectivity index (χ2v) is 8.02. The predicted octanol–water partition coefficient (Wildman–Crippen LogP) is 5.65. The maximum Gasteiger partial charge on any atom is 0.191 e. The van der Waals surface area contributed by atoms with Crippen LogP contribution >= 0.6 is 22.7 Å². The highest BCUT2D eigenvalue weighted by Crippen LogP contribution is 2.32. The molecule has 0 N–H and O–H groups in total. The Morgan fingerprint density at radius 2 is 1.82 bits per heavy atom. The van der Waals surface area contributed by atoms with Gasteiger partial charge in [0.25, 0.3) is 0 Å². The van der Waals surface area contributed by atoms with Crippen molar-refractivity contribution in [2.45, 2.75) is 38.5 Å². The summed E-state index contributed by atoms with van der Waals surface area (Å²) in [6.45, 7) is 0. The summed E-state index contributed by atoms with van der Waals surface area (Å²) < 4.78 is 1.15. The number of hydrogen-bond donors (Lipinski definition) is 0. The van der Waals surface area contributed by atoms with Crippen LogP contribution in [0.3, 0.4) is 0 Å². The first-order valence-corrected chi connectivity index (χ1v) is 9.65. The van der Waals surface area contributed by atoms with E-state index in [2.05, 4.69) is 29.6 Å². The van der Waals surface area contributed by atoms with Crippen molar-refractivity contribution in [1.29, 1.82) is 0 Å². The fourth-order valence-corrected chi connectivity index (χ4v) is 5.28. The molecule has 0 bridgehead atoms. The first-order valence-electron chi connectivity index (χ1n) is 7.95. The monoisotopic (exact) mass is 326 g/mol. The molecule has 0 fully saturated rings. The van der Waals surface area contributed by atoms with Gasteiger partial charge in [0.05, 0.1) is 0 Å². The summed E-state index contributed by atoms with van der Waals surface area (Å²) in [6.07, 6.45) is 6.99. The Morgan fingerprint density at radius 1 is 0.955 bits per heavy atom. The largest absolute Gasteiger partial charge is 0.289 e. The number of rotatable bonds is 1. The molecule has 0 amide bonds. The van der Waals surface area contributed by atoms with E-state index >= 15 is 0 Å². The van der Waals surface area contributed by atoms with E-state index in [0.29, 0.717) is 0 Å². The minimum absolute atomic E-state index is 0.281. The highest BCUT2D eigenvalue weighted by Gasteiger charge is 2.15. The molecule has 0 aliphatic heterocycles. The zero-order chi connectivity index (χ0) is 14.9. The van der Waals surface area contributed by atoms with Crippen LogP contribution in [0.1, 0.15) is 36.1 Å². The van der Waals surface area contributed by atoms with Crippen LogP contribution in [0.25, 0.3) is 20.5 Å². The number of benzene rings is 1. The molecular weight excluding hydrogens is 308 g/mol. The smallest absolute Gasteiger partial charge is 0.191 e. The van der Waals surface area contributed by atoms with Crippen molar-refractivity contribution in [2.75, 3.05) is 0 Å². The van der Waals surface area contributed by atoms with E-state index < -0.39 is 0 Å². The highest BCUT2D eigenvalue weighted by molar-refractivity contribution is 7.18. The molecule has 2 heterocycles. The molecule has 1 aliphatic carbocycles. The normalized spacial score (nSPS) is 15.3. The van der Waals surface area contributed by atoms with Crippen molar-refractivity contribution >= 4 is 32.8 Å². The third-order valence-corrected chi connectivity index (χ3v) is 6.63. The minimum atomic E-state index is 0.281. The fourth-order valence-electron chi connectivity index (χ4n) is 3.27. The topological polar surface area (TPSA) is 17.1 Å². The summed E-state index contributed by atoms with van der Waals surface area (Å²) >= 11 is 3.59. The van der Waals surface area contributed by atoms with Gasteiger partial charge in [0.15, 0.2) is 5.43 Å². The van der Waals surface area contributed by atoms with Gasteiger partial charge in [-0.05, 0) is 54.8 Å². The van der Waals surface area contributed by atoms with Gasteiger partial charge < -0.3 is 0 Å². The van der Waals surface area contributed by atoms with Crippen molar-refractivity contribution < 1.29 is 0 Å². The van der Waals surface area contributed by atoms with Gasteiger partial charge in [-0.1, -0.05) is 25.0 Å². The molecule has 3 heteroatoms. The van der Waals surface area contributed by atoms with Gasteiger partial charge in [-0.25, -0.2) is 0 Å². The van der Waals surface area contributed by atoms with Gasteiger partial charge in [-0.3, -0.25) is 4.79 Å². The van der Waals surface area contributed by atoms with Crippen molar-refractivity contribution in [3.05, 3.63) is 56.4 Å². The third kappa shape index (κ3) is 2.53. The lowest BCUT2D eigenvalue weighted by molar-refractivity contribution is 0.620. The van der Waals surface area contributed by atoms with E-state index in [1.54, 1.807) is 11.3 Å². The molecule has 112 valence electrons. The van der Waals surface area contributed by atoms with E-state index in [4.69, 9.17) is 0 Å². The lowest BCUT2D eigenvalue weighted by Crippen LogP contribution is -2.13. The van der Waals surface area contributed by atoms with Gasteiger partial charge in [0.1, 0.15) is 0 Å². The summed E-state index contributed by atoms with van der Waals surface area (Å²) in [5.41, 5.74) is 2.60. The second-order valence-electron chi connectivity index (χ2n) is 5.94. The Bertz CT molecular complexity index is 859. The van der Waals surface area contributed by atoms with Crippen LogP contribution in [0, 0.1) is 0 Å². The maximum atomic E-state index is 12.8. The molecule has 0 radical (unpaired) electrons. The van der Waals surface area contributed by atoms with Gasteiger partial charge in [-0.2, -0.15) is 0 Å². The van der Waals surface area contributed by atoms with E-state index in [1.807, 2.05) is 17.4 Å². The van der Waals surface area contributed by atoms with Crippen molar-refractivity contribution in [3.63, 3.8) is 0 Å². The Balaban J connectivity index is 1.90. The number of fused-ring (bicyclic) bond motifs is 2. The lowest BCUT2D eigenvalue weighted by Gasteiger charge is -2.13. The molecule has 3 aromatic rings. The summed E-state index contributed by atoms with van der Waals surface area (Å²) in [5.74, 6) is 0. The molecule has 2 aromatic heterocycles. The van der Waals surface area contributed by atoms with E-state index in [1.165, 1.54) is 34.6 Å². The Morgan fingerprint density at radius 3 is 2.64 bits per heavy atom. The summed E-state index contributed by atoms with van der Waals surface area (Å²) in [4.78, 5) is 15.5. The van der Waals surface area contributed by atoms with Crippen LogP contribution in [0.5, 0.6) is 0 Å². The van der Waals surface area contributed by atoms with Gasteiger partial charge in [0, 0.05) is 25.4 Å². The fraction of sp³-hybridized carbons (Fsp3) is 0.316. The van der Waals surface area contributed by atoms with Crippen LogP contribution in [0.15, 0.2) is 40.5 Å². The van der Waals surface area contributed by atoms with Crippen LogP contribution in [0.2, 0.25) is 0 Å². The first kappa shape index (κ1) is 14.2. The van der Waals surface area contributed by atoms with Gasteiger partial charge in [0.2, 0.25) is 0 Å². The SMILES string of the molecule is O=c1c2c(sc3cc(-c4cccs4)ccc13)CCCCCC2. The number of thiophene rings is 1. The standard InChI is InChI=1S/C19H18OS2/c20-19-14-6-3-1-2-4-7-17(14)22-18-12-13(9-10-15(18)19)16-8-5-11-21-16/h5,8-12H,1-4,6-7H2. The van der Waals surface area contributed by atoms with Gasteiger partial charge in [-0.15, -0.1) is 22.7 Å². The van der Waals surface area contributed by atoms with Crippen LogP contribution in [-0.4, -0.2) is 0 Å². The number of hydrogen-bond acceptors (Lipinski definition) is 3. The Labute approximate surface area is 138 Å². The molecule has 4 rings (SSSR count).